The standard InChI is InChI=1S/C16H19N3/c1-2-17-16-11-10-15(18-19-16)14-9-4-3-8-13(14)12-6-5-7-12/h3-4,8-12H,2,5-7H2,1H3,(H,17,19). The van der Waals surface area contributed by atoms with Gasteiger partial charge in [-0.25, -0.2) is 0 Å². The molecule has 1 heterocycles. The van der Waals surface area contributed by atoms with Crippen molar-refractivity contribution in [2.75, 3.05) is 11.9 Å². The molecular weight excluding hydrogens is 234 g/mol. The molecule has 1 N–H and O–H groups in total. The van der Waals surface area contributed by atoms with Gasteiger partial charge in [0.25, 0.3) is 0 Å². The van der Waals surface area contributed by atoms with Crippen molar-refractivity contribution < 1.29 is 0 Å². The van der Waals surface area contributed by atoms with E-state index in [2.05, 4.69) is 52.8 Å². The molecule has 0 amide bonds. The number of nitrogens with zero attached hydrogens (tertiary/aromatic N) is 2. The molecule has 1 aromatic carbocycles. The first kappa shape index (κ1) is 12.2. The lowest BCUT2D eigenvalue weighted by atomic mass is 9.78. The summed E-state index contributed by atoms with van der Waals surface area (Å²) in [6, 6.07) is 12.7. The van der Waals surface area contributed by atoms with Gasteiger partial charge in [-0.3, -0.25) is 0 Å². The number of hydrogen-bond acceptors (Lipinski definition) is 3. The molecule has 1 saturated carbocycles. The molecule has 1 aliphatic rings. The van der Waals surface area contributed by atoms with Crippen LogP contribution in [0.25, 0.3) is 11.3 Å². The van der Waals surface area contributed by atoms with Crippen molar-refractivity contribution in [1.82, 2.24) is 10.2 Å². The van der Waals surface area contributed by atoms with E-state index in [0.717, 1.165) is 18.1 Å². The van der Waals surface area contributed by atoms with Gasteiger partial charge in [-0.15, -0.1) is 10.2 Å². The van der Waals surface area contributed by atoms with E-state index in [-0.39, 0.29) is 0 Å². The highest BCUT2D eigenvalue weighted by molar-refractivity contribution is 5.65. The topological polar surface area (TPSA) is 37.8 Å². The van der Waals surface area contributed by atoms with Gasteiger partial charge in [-0.1, -0.05) is 30.7 Å². The van der Waals surface area contributed by atoms with E-state index in [1.165, 1.54) is 30.4 Å². The van der Waals surface area contributed by atoms with Crippen LogP contribution in [-0.2, 0) is 0 Å². The third kappa shape index (κ3) is 2.46. The largest absolute Gasteiger partial charge is 0.369 e. The predicted octanol–water partition coefficient (Wildman–Crippen LogP) is 3.84. The molecule has 1 aliphatic carbocycles. The van der Waals surface area contributed by atoms with Crippen LogP contribution in [0.2, 0.25) is 0 Å². The molecule has 0 atom stereocenters. The molecule has 3 nitrogen and oxygen atoms in total. The molecule has 19 heavy (non-hydrogen) atoms. The molecule has 0 unspecified atom stereocenters. The first-order valence-corrected chi connectivity index (χ1v) is 7.05. The Hall–Kier alpha value is -1.90. The lowest BCUT2D eigenvalue weighted by molar-refractivity contribution is 0.420. The maximum atomic E-state index is 4.36. The lowest BCUT2D eigenvalue weighted by Gasteiger charge is -2.27. The normalized spacial score (nSPS) is 15.0. The van der Waals surface area contributed by atoms with E-state index in [9.17, 15) is 0 Å². The smallest absolute Gasteiger partial charge is 0.148 e. The van der Waals surface area contributed by atoms with Gasteiger partial charge in [0, 0.05) is 12.1 Å². The Kier molecular flexibility index (Phi) is 3.45. The van der Waals surface area contributed by atoms with E-state index in [1.807, 2.05) is 6.07 Å². The number of benzene rings is 1. The molecule has 3 rings (SSSR count). The van der Waals surface area contributed by atoms with Crippen molar-refractivity contribution in [3.05, 3.63) is 42.0 Å². The quantitative estimate of drug-likeness (QED) is 0.899. The second-order valence-corrected chi connectivity index (χ2v) is 5.05. The second-order valence-electron chi connectivity index (χ2n) is 5.05. The third-order valence-electron chi connectivity index (χ3n) is 3.80. The van der Waals surface area contributed by atoms with Gasteiger partial charge in [-0.2, -0.15) is 0 Å². The highest BCUT2D eigenvalue weighted by Gasteiger charge is 2.22. The van der Waals surface area contributed by atoms with Crippen LogP contribution in [0.4, 0.5) is 5.82 Å². The number of aromatic nitrogens is 2. The molecule has 3 heteroatoms. The van der Waals surface area contributed by atoms with Crippen molar-refractivity contribution >= 4 is 5.82 Å². The maximum absolute atomic E-state index is 4.36. The zero-order valence-electron chi connectivity index (χ0n) is 11.3. The zero-order valence-corrected chi connectivity index (χ0v) is 11.3. The summed E-state index contributed by atoms with van der Waals surface area (Å²) in [6.45, 7) is 2.92. The summed E-state index contributed by atoms with van der Waals surface area (Å²) in [5.41, 5.74) is 3.64. The lowest BCUT2D eigenvalue weighted by Crippen LogP contribution is -2.10. The Morgan fingerprint density at radius 3 is 2.58 bits per heavy atom. The Bertz CT molecular complexity index is 544. The molecule has 0 bridgehead atoms. The zero-order chi connectivity index (χ0) is 13.1. The van der Waals surface area contributed by atoms with E-state index in [0.29, 0.717) is 5.92 Å². The van der Waals surface area contributed by atoms with Gasteiger partial charge in [-0.05, 0) is 43.4 Å². The Labute approximate surface area is 114 Å². The van der Waals surface area contributed by atoms with E-state index < -0.39 is 0 Å². The van der Waals surface area contributed by atoms with Crippen LogP contribution in [0.5, 0.6) is 0 Å². The van der Waals surface area contributed by atoms with Gasteiger partial charge in [0.15, 0.2) is 0 Å². The molecule has 98 valence electrons. The van der Waals surface area contributed by atoms with E-state index >= 15 is 0 Å². The van der Waals surface area contributed by atoms with Gasteiger partial charge < -0.3 is 5.32 Å². The fourth-order valence-electron chi connectivity index (χ4n) is 2.56. The van der Waals surface area contributed by atoms with Crippen molar-refractivity contribution in [3.8, 4) is 11.3 Å². The molecule has 0 spiro atoms. The summed E-state index contributed by atoms with van der Waals surface area (Å²) in [5, 5.41) is 11.8. The molecular formula is C16H19N3. The monoisotopic (exact) mass is 253 g/mol. The highest BCUT2D eigenvalue weighted by Crippen LogP contribution is 2.40. The fourth-order valence-corrected chi connectivity index (χ4v) is 2.56. The van der Waals surface area contributed by atoms with Crippen molar-refractivity contribution in [3.63, 3.8) is 0 Å². The van der Waals surface area contributed by atoms with Gasteiger partial charge in [0.2, 0.25) is 0 Å². The first-order valence-electron chi connectivity index (χ1n) is 7.05. The van der Waals surface area contributed by atoms with Crippen molar-refractivity contribution in [1.29, 1.82) is 0 Å². The summed E-state index contributed by atoms with van der Waals surface area (Å²) < 4.78 is 0. The third-order valence-corrected chi connectivity index (χ3v) is 3.80. The van der Waals surface area contributed by atoms with Crippen molar-refractivity contribution in [2.24, 2.45) is 0 Å². The van der Waals surface area contributed by atoms with Gasteiger partial charge in [0.05, 0.1) is 5.69 Å². The summed E-state index contributed by atoms with van der Waals surface area (Å²) in [5.74, 6) is 1.55. The van der Waals surface area contributed by atoms with Crippen LogP contribution in [0.3, 0.4) is 0 Å². The van der Waals surface area contributed by atoms with Crippen LogP contribution < -0.4 is 5.32 Å². The van der Waals surface area contributed by atoms with Crippen LogP contribution in [0.1, 0.15) is 37.7 Å². The molecule has 1 aromatic heterocycles. The van der Waals surface area contributed by atoms with Crippen molar-refractivity contribution in [2.45, 2.75) is 32.1 Å². The minimum Gasteiger partial charge on any atom is -0.369 e. The maximum Gasteiger partial charge on any atom is 0.148 e. The summed E-state index contributed by atoms with van der Waals surface area (Å²) >= 11 is 0. The van der Waals surface area contributed by atoms with E-state index in [4.69, 9.17) is 0 Å². The fraction of sp³-hybridized carbons (Fsp3) is 0.375. The predicted molar refractivity (Wildman–Crippen MR) is 78.2 cm³/mol. The Morgan fingerprint density at radius 2 is 1.95 bits per heavy atom. The molecule has 2 aromatic rings. The van der Waals surface area contributed by atoms with Crippen LogP contribution in [0, 0.1) is 0 Å². The minimum absolute atomic E-state index is 0.714. The van der Waals surface area contributed by atoms with Gasteiger partial charge in [0.1, 0.15) is 5.82 Å². The average molecular weight is 253 g/mol. The summed E-state index contributed by atoms with van der Waals surface area (Å²) in [4.78, 5) is 0. The number of rotatable bonds is 4. The number of hydrogen-bond donors (Lipinski definition) is 1. The van der Waals surface area contributed by atoms with Crippen LogP contribution in [-0.4, -0.2) is 16.7 Å². The molecule has 0 aliphatic heterocycles. The summed E-state index contributed by atoms with van der Waals surface area (Å²) in [7, 11) is 0. The molecule has 1 fully saturated rings. The van der Waals surface area contributed by atoms with E-state index in [1.54, 1.807) is 0 Å². The van der Waals surface area contributed by atoms with Gasteiger partial charge >= 0.3 is 0 Å². The molecule has 0 saturated heterocycles. The average Bonchev–Trinajstić information content (AvgIpc) is 2.39. The number of anilines is 1. The SMILES string of the molecule is CCNc1ccc(-c2ccccc2C2CCC2)nn1. The highest BCUT2D eigenvalue weighted by atomic mass is 15.2. The van der Waals surface area contributed by atoms with Crippen LogP contribution in [0.15, 0.2) is 36.4 Å². The molecule has 0 radical (unpaired) electrons. The van der Waals surface area contributed by atoms with Crippen LogP contribution >= 0.6 is 0 Å². The minimum atomic E-state index is 0.714. The second kappa shape index (κ2) is 5.39. The first-order chi connectivity index (χ1) is 9.38. The Morgan fingerprint density at radius 1 is 1.11 bits per heavy atom. The number of nitrogens with one attached hydrogen (secondary N) is 1. The summed E-state index contributed by atoms with van der Waals surface area (Å²) in [6.07, 6.45) is 3.96. The Balaban J connectivity index is 1.92.